The van der Waals surface area contributed by atoms with Gasteiger partial charge in [-0.15, -0.1) is 0 Å². The summed E-state index contributed by atoms with van der Waals surface area (Å²) in [6.45, 7) is 7.08. The summed E-state index contributed by atoms with van der Waals surface area (Å²) >= 11 is 0. The second-order valence-electron chi connectivity index (χ2n) is 5.85. The molecule has 2 aromatic rings. The van der Waals surface area contributed by atoms with Gasteiger partial charge in [0.25, 0.3) is 0 Å². The minimum atomic E-state index is -0.357. The summed E-state index contributed by atoms with van der Waals surface area (Å²) in [6, 6.07) is 10.4. The molecule has 0 saturated heterocycles. The van der Waals surface area contributed by atoms with E-state index in [1.807, 2.05) is 37.3 Å². The van der Waals surface area contributed by atoms with Gasteiger partial charge in [0.1, 0.15) is 5.75 Å². The third-order valence-corrected chi connectivity index (χ3v) is 3.85. The Balaban J connectivity index is 2.36. The van der Waals surface area contributed by atoms with Crippen LogP contribution < -0.4 is 4.74 Å². The first-order chi connectivity index (χ1) is 11.5. The minimum Gasteiger partial charge on any atom is -0.454 e. The number of benzene rings is 2. The van der Waals surface area contributed by atoms with Crippen LogP contribution in [0.3, 0.4) is 0 Å². The van der Waals surface area contributed by atoms with Gasteiger partial charge in [0.15, 0.2) is 11.6 Å². The van der Waals surface area contributed by atoms with Crippen molar-refractivity contribution < 1.29 is 9.13 Å². The first kappa shape index (κ1) is 18.0. The van der Waals surface area contributed by atoms with Gasteiger partial charge in [0, 0.05) is 13.6 Å². The maximum atomic E-state index is 13.9. The zero-order chi connectivity index (χ0) is 17.5. The average molecular weight is 328 g/mol. The number of aliphatic imine (C=N–C) groups is 1. The Morgan fingerprint density at radius 2 is 1.92 bits per heavy atom. The van der Waals surface area contributed by atoms with Crippen LogP contribution in [0, 0.1) is 12.7 Å². The summed E-state index contributed by atoms with van der Waals surface area (Å²) in [7, 11) is 1.99. The lowest BCUT2D eigenvalue weighted by molar-refractivity contribution is 0.437. The molecule has 0 aromatic heterocycles. The predicted octanol–water partition coefficient (Wildman–Crippen LogP) is 5.49. The number of hydrogen-bond acceptors (Lipinski definition) is 2. The van der Waals surface area contributed by atoms with Crippen LogP contribution in [0.5, 0.6) is 11.5 Å². The lowest BCUT2D eigenvalue weighted by atomic mass is 10.0. The molecule has 3 nitrogen and oxygen atoms in total. The van der Waals surface area contributed by atoms with Crippen LogP contribution in [0.25, 0.3) is 0 Å². The van der Waals surface area contributed by atoms with E-state index in [-0.39, 0.29) is 11.6 Å². The average Bonchev–Trinajstić information content (AvgIpc) is 2.57. The molecule has 0 N–H and O–H groups in total. The topological polar surface area (TPSA) is 24.8 Å². The van der Waals surface area contributed by atoms with Gasteiger partial charge in [0.05, 0.1) is 12.0 Å². The molecule has 0 atom stereocenters. The van der Waals surface area contributed by atoms with Crippen molar-refractivity contribution in [1.29, 1.82) is 0 Å². The Labute approximate surface area is 143 Å². The summed E-state index contributed by atoms with van der Waals surface area (Å²) in [5.74, 6) is 0.586. The van der Waals surface area contributed by atoms with E-state index >= 15 is 0 Å². The summed E-state index contributed by atoms with van der Waals surface area (Å²) < 4.78 is 19.7. The van der Waals surface area contributed by atoms with Gasteiger partial charge in [-0.05, 0) is 55.7 Å². The molecule has 2 aromatic carbocycles. The molecule has 0 aliphatic rings. The van der Waals surface area contributed by atoms with E-state index < -0.39 is 0 Å². The van der Waals surface area contributed by atoms with E-state index in [0.717, 1.165) is 36.2 Å². The zero-order valence-corrected chi connectivity index (χ0v) is 14.8. The van der Waals surface area contributed by atoms with E-state index in [9.17, 15) is 4.39 Å². The molecule has 0 heterocycles. The third kappa shape index (κ3) is 4.57. The Morgan fingerprint density at radius 3 is 2.58 bits per heavy atom. The molecule has 0 radical (unpaired) electrons. The number of ether oxygens (including phenoxy) is 1. The number of aryl methyl sites for hydroxylation is 2. The standard InChI is InChI=1S/C20H25FN2O/c1-5-9-16-13-18(22-14-23(4)6-2)15(3)12-20(16)24-19-11-8-7-10-17(19)21/h7-8,10-14H,5-6,9H2,1-4H3/b22-14+. The largest absolute Gasteiger partial charge is 0.454 e. The van der Waals surface area contributed by atoms with Crippen molar-refractivity contribution in [3.63, 3.8) is 0 Å². The lowest BCUT2D eigenvalue weighted by Gasteiger charge is -2.14. The molecular weight excluding hydrogens is 303 g/mol. The maximum absolute atomic E-state index is 13.9. The van der Waals surface area contributed by atoms with Crippen LogP contribution in [-0.2, 0) is 6.42 Å². The number of rotatable bonds is 7. The molecular formula is C20H25FN2O. The highest BCUT2D eigenvalue weighted by Crippen LogP contribution is 2.33. The Kier molecular flexibility index (Phi) is 6.36. The molecule has 2 rings (SSSR count). The monoisotopic (exact) mass is 328 g/mol. The predicted molar refractivity (Wildman–Crippen MR) is 98.1 cm³/mol. The number of para-hydroxylation sites is 1. The normalized spacial score (nSPS) is 11.0. The molecule has 0 spiro atoms. The molecule has 4 heteroatoms. The first-order valence-electron chi connectivity index (χ1n) is 8.35. The fraction of sp³-hybridized carbons (Fsp3) is 0.350. The lowest BCUT2D eigenvalue weighted by Crippen LogP contribution is -2.14. The van der Waals surface area contributed by atoms with Gasteiger partial charge in [-0.3, -0.25) is 0 Å². The number of hydrogen-bond donors (Lipinski definition) is 0. The molecule has 0 aliphatic heterocycles. The van der Waals surface area contributed by atoms with Crippen LogP contribution in [0.2, 0.25) is 0 Å². The quantitative estimate of drug-likeness (QED) is 0.496. The van der Waals surface area contributed by atoms with E-state index in [4.69, 9.17) is 4.74 Å². The van der Waals surface area contributed by atoms with Crippen LogP contribution in [0.15, 0.2) is 41.4 Å². The van der Waals surface area contributed by atoms with Crippen LogP contribution in [0.4, 0.5) is 10.1 Å². The summed E-state index contributed by atoms with van der Waals surface area (Å²) in [5.41, 5.74) is 2.96. The molecule has 0 saturated carbocycles. The third-order valence-electron chi connectivity index (χ3n) is 3.85. The second-order valence-corrected chi connectivity index (χ2v) is 5.85. The van der Waals surface area contributed by atoms with Crippen molar-refractivity contribution in [1.82, 2.24) is 4.90 Å². The van der Waals surface area contributed by atoms with Crippen molar-refractivity contribution in [2.45, 2.75) is 33.6 Å². The molecule has 0 fully saturated rings. The SMILES string of the molecule is CCCc1cc(/N=C/N(C)CC)c(C)cc1Oc1ccccc1F. The van der Waals surface area contributed by atoms with E-state index in [1.54, 1.807) is 18.2 Å². The second kappa shape index (κ2) is 8.48. The first-order valence-corrected chi connectivity index (χ1v) is 8.35. The molecule has 0 unspecified atom stereocenters. The highest BCUT2D eigenvalue weighted by Gasteiger charge is 2.11. The van der Waals surface area contributed by atoms with Gasteiger partial charge in [-0.25, -0.2) is 9.38 Å². The molecule has 0 aliphatic carbocycles. The fourth-order valence-electron chi connectivity index (χ4n) is 2.30. The maximum Gasteiger partial charge on any atom is 0.165 e. The van der Waals surface area contributed by atoms with Crippen molar-refractivity contribution in [3.05, 3.63) is 53.3 Å². The minimum absolute atomic E-state index is 0.247. The van der Waals surface area contributed by atoms with Crippen molar-refractivity contribution in [2.75, 3.05) is 13.6 Å². The molecule has 0 bridgehead atoms. The number of halogens is 1. The fourth-order valence-corrected chi connectivity index (χ4v) is 2.30. The van der Waals surface area contributed by atoms with E-state index in [1.165, 1.54) is 6.07 Å². The smallest absolute Gasteiger partial charge is 0.165 e. The summed E-state index contributed by atoms with van der Waals surface area (Å²) in [6.07, 6.45) is 3.67. The van der Waals surface area contributed by atoms with Gasteiger partial charge in [0.2, 0.25) is 0 Å². The van der Waals surface area contributed by atoms with Gasteiger partial charge in [-0.2, -0.15) is 0 Å². The Morgan fingerprint density at radius 1 is 1.17 bits per heavy atom. The molecule has 0 amide bonds. The number of nitrogens with zero attached hydrogens (tertiary/aromatic N) is 2. The van der Waals surface area contributed by atoms with E-state index in [0.29, 0.717) is 5.75 Å². The summed E-state index contributed by atoms with van der Waals surface area (Å²) in [5, 5.41) is 0. The van der Waals surface area contributed by atoms with Gasteiger partial charge in [-0.1, -0.05) is 25.5 Å². The zero-order valence-electron chi connectivity index (χ0n) is 14.8. The Bertz CT molecular complexity index is 713. The van der Waals surface area contributed by atoms with Crippen molar-refractivity contribution >= 4 is 12.0 Å². The van der Waals surface area contributed by atoms with Crippen LogP contribution in [-0.4, -0.2) is 24.8 Å². The van der Waals surface area contributed by atoms with E-state index in [2.05, 4.69) is 18.8 Å². The van der Waals surface area contributed by atoms with Crippen LogP contribution in [0.1, 0.15) is 31.4 Å². The van der Waals surface area contributed by atoms with Crippen LogP contribution >= 0.6 is 0 Å². The van der Waals surface area contributed by atoms with Crippen molar-refractivity contribution in [3.8, 4) is 11.5 Å². The summed E-state index contributed by atoms with van der Waals surface area (Å²) in [4.78, 5) is 6.57. The Hall–Kier alpha value is -2.36. The highest BCUT2D eigenvalue weighted by atomic mass is 19.1. The van der Waals surface area contributed by atoms with Crippen molar-refractivity contribution in [2.24, 2.45) is 4.99 Å². The molecule has 24 heavy (non-hydrogen) atoms. The molecule has 128 valence electrons. The van der Waals surface area contributed by atoms with Gasteiger partial charge < -0.3 is 9.64 Å². The van der Waals surface area contributed by atoms with Gasteiger partial charge >= 0.3 is 0 Å². The highest BCUT2D eigenvalue weighted by molar-refractivity contribution is 5.64.